The zero-order valence-corrected chi connectivity index (χ0v) is 13.9. The van der Waals surface area contributed by atoms with Gasteiger partial charge in [-0.05, 0) is 62.9 Å². The summed E-state index contributed by atoms with van der Waals surface area (Å²) < 4.78 is 7.34. The maximum Gasteiger partial charge on any atom is 0.236 e. The number of carbonyl (C=O) groups excluding carboxylic acids is 1. The normalized spacial score (nSPS) is 10.1. The fourth-order valence-electron chi connectivity index (χ4n) is 1.10. The van der Waals surface area contributed by atoms with Crippen LogP contribution in [0, 0.1) is 19.5 Å². The lowest BCUT2D eigenvalue weighted by atomic mass is 10.2. The van der Waals surface area contributed by atoms with Gasteiger partial charge in [0.25, 0.3) is 0 Å². The third-order valence-electron chi connectivity index (χ3n) is 1.76. The number of hydrogen-bond donors (Lipinski definition) is 1. The van der Waals surface area contributed by atoms with Crippen LogP contribution in [0.25, 0.3) is 0 Å². The van der Waals surface area contributed by atoms with E-state index in [0.717, 1.165) is 18.5 Å². The molecule has 94 valence electrons. The second-order valence-corrected chi connectivity index (χ2v) is 5.56. The molecule has 0 unspecified atom stereocenters. The maximum absolute atomic E-state index is 10.7. The zero-order valence-electron chi connectivity index (χ0n) is 9.54. The smallest absolute Gasteiger partial charge is 0.236 e. The molecule has 0 fully saturated rings. The first-order chi connectivity index (χ1) is 8.54. The summed E-state index contributed by atoms with van der Waals surface area (Å²) in [6.45, 7) is 1.65. The SMILES string of the molecule is C#CCOc1c(I)cc(/C=N\NC(C)=O)cc1I. The molecule has 0 bridgehead atoms. The fraction of sp³-hybridized carbons (Fsp3) is 0.167. The number of carbonyl (C=O) groups is 1. The van der Waals surface area contributed by atoms with Crippen molar-refractivity contribution in [3.63, 3.8) is 0 Å². The Morgan fingerprint density at radius 3 is 2.67 bits per heavy atom. The van der Waals surface area contributed by atoms with Crippen molar-refractivity contribution in [1.82, 2.24) is 5.43 Å². The van der Waals surface area contributed by atoms with Crippen LogP contribution in [0.2, 0.25) is 0 Å². The van der Waals surface area contributed by atoms with Crippen LogP contribution in [0.3, 0.4) is 0 Å². The van der Waals surface area contributed by atoms with E-state index >= 15 is 0 Å². The van der Waals surface area contributed by atoms with Crippen molar-refractivity contribution < 1.29 is 9.53 Å². The van der Waals surface area contributed by atoms with Crippen LogP contribution >= 0.6 is 45.2 Å². The van der Waals surface area contributed by atoms with Crippen LogP contribution in [0.1, 0.15) is 12.5 Å². The number of nitrogens with one attached hydrogen (secondary N) is 1. The van der Waals surface area contributed by atoms with E-state index in [0.29, 0.717) is 0 Å². The lowest BCUT2D eigenvalue weighted by Gasteiger charge is -2.08. The van der Waals surface area contributed by atoms with Crippen LogP contribution < -0.4 is 10.2 Å². The van der Waals surface area contributed by atoms with Gasteiger partial charge in [-0.25, -0.2) is 5.43 Å². The quantitative estimate of drug-likeness (QED) is 0.320. The first-order valence-electron chi connectivity index (χ1n) is 4.89. The number of terminal acetylenes is 1. The van der Waals surface area contributed by atoms with E-state index in [9.17, 15) is 4.79 Å². The van der Waals surface area contributed by atoms with Gasteiger partial charge in [0.15, 0.2) is 0 Å². The second-order valence-electron chi connectivity index (χ2n) is 3.23. The average molecular weight is 468 g/mol. The lowest BCUT2D eigenvalue weighted by Crippen LogP contribution is -2.12. The number of benzene rings is 1. The summed E-state index contributed by atoms with van der Waals surface area (Å²) in [5, 5.41) is 3.81. The molecule has 0 heterocycles. The van der Waals surface area contributed by atoms with Crippen molar-refractivity contribution in [3.05, 3.63) is 24.8 Å². The maximum atomic E-state index is 10.7. The van der Waals surface area contributed by atoms with Gasteiger partial charge in [0.2, 0.25) is 5.91 Å². The van der Waals surface area contributed by atoms with E-state index in [1.807, 2.05) is 12.1 Å². The molecule has 0 aromatic heterocycles. The summed E-state index contributed by atoms with van der Waals surface area (Å²) in [7, 11) is 0. The molecule has 1 aromatic carbocycles. The van der Waals surface area contributed by atoms with Crippen molar-refractivity contribution in [2.45, 2.75) is 6.92 Å². The second kappa shape index (κ2) is 7.58. The first kappa shape index (κ1) is 15.2. The predicted octanol–water partition coefficient (Wildman–Crippen LogP) is 2.38. The number of hydrogen-bond acceptors (Lipinski definition) is 3. The minimum absolute atomic E-state index is 0.204. The number of hydrazone groups is 1. The Morgan fingerprint density at radius 2 is 2.17 bits per heavy atom. The number of ether oxygens (including phenoxy) is 1. The van der Waals surface area contributed by atoms with Gasteiger partial charge in [-0.15, -0.1) is 6.42 Å². The molecule has 1 amide bonds. The molecule has 0 aliphatic heterocycles. The summed E-state index contributed by atoms with van der Waals surface area (Å²) in [4.78, 5) is 10.7. The van der Waals surface area contributed by atoms with E-state index in [4.69, 9.17) is 11.2 Å². The zero-order chi connectivity index (χ0) is 13.5. The standard InChI is InChI=1S/C12H10I2N2O2/c1-3-4-18-12-10(13)5-9(6-11(12)14)7-15-16-8(2)17/h1,5-7H,4H2,2H3,(H,16,17)/b15-7-. The molecule has 0 saturated heterocycles. The lowest BCUT2D eigenvalue weighted by molar-refractivity contribution is -0.118. The molecule has 1 N–H and O–H groups in total. The Hall–Kier alpha value is -0.820. The van der Waals surface area contributed by atoms with Crippen molar-refractivity contribution in [1.29, 1.82) is 0 Å². The highest BCUT2D eigenvalue weighted by Crippen LogP contribution is 2.28. The predicted molar refractivity (Wildman–Crippen MR) is 87.6 cm³/mol. The summed E-state index contributed by atoms with van der Waals surface area (Å²) in [6, 6.07) is 3.81. The largest absolute Gasteiger partial charge is 0.479 e. The van der Waals surface area contributed by atoms with Gasteiger partial charge in [-0.2, -0.15) is 5.10 Å². The van der Waals surface area contributed by atoms with Gasteiger partial charge in [0.1, 0.15) is 12.4 Å². The fourth-order valence-corrected chi connectivity index (χ4v) is 3.23. The van der Waals surface area contributed by atoms with Gasteiger partial charge >= 0.3 is 0 Å². The Morgan fingerprint density at radius 1 is 1.56 bits per heavy atom. The number of halogens is 2. The third-order valence-corrected chi connectivity index (χ3v) is 3.36. The minimum Gasteiger partial charge on any atom is -0.479 e. The highest BCUT2D eigenvalue weighted by Gasteiger charge is 2.07. The van der Waals surface area contributed by atoms with E-state index < -0.39 is 0 Å². The Balaban J connectivity index is 2.89. The molecular formula is C12H10I2N2O2. The van der Waals surface area contributed by atoms with Crippen molar-refractivity contribution in [3.8, 4) is 18.1 Å². The van der Waals surface area contributed by atoms with Crippen LogP contribution in [-0.2, 0) is 4.79 Å². The van der Waals surface area contributed by atoms with Gasteiger partial charge in [0.05, 0.1) is 13.4 Å². The van der Waals surface area contributed by atoms with Crippen LogP contribution in [0.4, 0.5) is 0 Å². The van der Waals surface area contributed by atoms with Crippen LogP contribution in [0.15, 0.2) is 17.2 Å². The topological polar surface area (TPSA) is 50.7 Å². The molecule has 0 spiro atoms. The summed E-state index contributed by atoms with van der Waals surface area (Å²) in [5.41, 5.74) is 3.23. The molecule has 1 aromatic rings. The third kappa shape index (κ3) is 4.81. The van der Waals surface area contributed by atoms with Crippen molar-refractivity contribution in [2.75, 3.05) is 6.61 Å². The van der Waals surface area contributed by atoms with Crippen molar-refractivity contribution in [2.24, 2.45) is 5.10 Å². The molecule has 4 nitrogen and oxygen atoms in total. The molecule has 0 atom stereocenters. The highest BCUT2D eigenvalue weighted by molar-refractivity contribution is 14.1. The van der Waals surface area contributed by atoms with Gasteiger partial charge in [-0.1, -0.05) is 5.92 Å². The average Bonchev–Trinajstić information content (AvgIpc) is 2.27. The minimum atomic E-state index is -0.204. The molecule has 18 heavy (non-hydrogen) atoms. The van der Waals surface area contributed by atoms with Crippen LogP contribution in [-0.4, -0.2) is 18.7 Å². The number of rotatable bonds is 4. The van der Waals surface area contributed by atoms with E-state index in [2.05, 4.69) is 61.6 Å². The van der Waals surface area contributed by atoms with E-state index in [-0.39, 0.29) is 12.5 Å². The molecular weight excluding hydrogens is 458 g/mol. The number of amides is 1. The Kier molecular flexibility index (Phi) is 6.42. The molecule has 0 aliphatic rings. The van der Waals surface area contributed by atoms with Gasteiger partial charge in [-0.3, -0.25) is 4.79 Å². The first-order valence-corrected chi connectivity index (χ1v) is 7.05. The van der Waals surface area contributed by atoms with Gasteiger partial charge < -0.3 is 4.74 Å². The van der Waals surface area contributed by atoms with Crippen LogP contribution in [0.5, 0.6) is 5.75 Å². The molecule has 0 radical (unpaired) electrons. The summed E-state index contributed by atoms with van der Waals surface area (Å²) in [6.07, 6.45) is 6.74. The number of nitrogens with zero attached hydrogens (tertiary/aromatic N) is 1. The van der Waals surface area contributed by atoms with Gasteiger partial charge in [0, 0.05) is 6.92 Å². The molecule has 0 aliphatic carbocycles. The van der Waals surface area contributed by atoms with Crippen molar-refractivity contribution >= 4 is 57.3 Å². The molecule has 1 rings (SSSR count). The monoisotopic (exact) mass is 468 g/mol. The molecule has 0 saturated carbocycles. The molecule has 6 heteroatoms. The van der Waals surface area contributed by atoms with E-state index in [1.165, 1.54) is 6.92 Å². The Labute approximate surface area is 133 Å². The van der Waals surface area contributed by atoms with E-state index in [1.54, 1.807) is 6.21 Å². The summed E-state index contributed by atoms with van der Waals surface area (Å²) in [5.74, 6) is 2.99. The highest BCUT2D eigenvalue weighted by atomic mass is 127. The summed E-state index contributed by atoms with van der Waals surface area (Å²) >= 11 is 4.34. The Bertz CT molecular complexity index is 498.